The van der Waals surface area contributed by atoms with E-state index in [2.05, 4.69) is 6.07 Å². The SMILES string of the molecule is COc1c(C)c[c-]cc1C.[Cl-].[Mg+2]. The molecule has 12 heavy (non-hydrogen) atoms. The van der Waals surface area contributed by atoms with E-state index in [1.807, 2.05) is 26.0 Å². The van der Waals surface area contributed by atoms with Crippen LogP contribution >= 0.6 is 0 Å². The maximum atomic E-state index is 5.16. The van der Waals surface area contributed by atoms with Crippen molar-refractivity contribution in [1.82, 2.24) is 0 Å². The molecule has 0 N–H and O–H groups in total. The van der Waals surface area contributed by atoms with Crippen molar-refractivity contribution >= 4 is 23.1 Å². The van der Waals surface area contributed by atoms with Crippen LogP contribution in [0.3, 0.4) is 0 Å². The van der Waals surface area contributed by atoms with Crippen LogP contribution in [0.4, 0.5) is 0 Å². The van der Waals surface area contributed by atoms with Gasteiger partial charge < -0.3 is 17.1 Å². The number of benzene rings is 1. The zero-order valence-electron chi connectivity index (χ0n) is 7.65. The van der Waals surface area contributed by atoms with E-state index < -0.39 is 0 Å². The van der Waals surface area contributed by atoms with E-state index >= 15 is 0 Å². The molecule has 0 aromatic heterocycles. The van der Waals surface area contributed by atoms with Crippen molar-refractivity contribution in [2.24, 2.45) is 0 Å². The Morgan fingerprint density at radius 3 is 1.83 bits per heavy atom. The smallest absolute Gasteiger partial charge is 1.00 e. The van der Waals surface area contributed by atoms with Gasteiger partial charge in [-0.3, -0.25) is 0 Å². The van der Waals surface area contributed by atoms with Gasteiger partial charge in [-0.2, -0.15) is 18.2 Å². The largest absolute Gasteiger partial charge is 2.00 e. The van der Waals surface area contributed by atoms with Gasteiger partial charge in [0, 0.05) is 5.75 Å². The standard InChI is InChI=1S/C9H11O.ClH.Mg/c1-7-5-4-6-8(2)9(7)10-3;;/h5-6H,1-3H3;1H;/q-1;;+2/p-1. The quantitative estimate of drug-likeness (QED) is 0.401. The van der Waals surface area contributed by atoms with Crippen LogP contribution in [-0.4, -0.2) is 30.2 Å². The van der Waals surface area contributed by atoms with Gasteiger partial charge in [0.2, 0.25) is 0 Å². The van der Waals surface area contributed by atoms with Crippen molar-refractivity contribution < 1.29 is 17.1 Å². The van der Waals surface area contributed by atoms with Gasteiger partial charge >= 0.3 is 23.1 Å². The second-order valence-corrected chi connectivity index (χ2v) is 2.35. The molecule has 62 valence electrons. The second-order valence-electron chi connectivity index (χ2n) is 2.35. The van der Waals surface area contributed by atoms with Gasteiger partial charge in [0.15, 0.2) is 0 Å². The van der Waals surface area contributed by atoms with Crippen molar-refractivity contribution in [2.45, 2.75) is 13.8 Å². The number of rotatable bonds is 1. The van der Waals surface area contributed by atoms with Crippen molar-refractivity contribution in [3.05, 3.63) is 29.3 Å². The van der Waals surface area contributed by atoms with Crippen LogP contribution in [0.15, 0.2) is 12.1 Å². The molecule has 3 heteroatoms. The Hall–Kier alpha value is 0.0762. The molecule has 0 unspecified atom stereocenters. The maximum Gasteiger partial charge on any atom is 2.00 e. The Bertz CT molecular complexity index is 218. The van der Waals surface area contributed by atoms with E-state index in [1.54, 1.807) is 7.11 Å². The average molecular weight is 195 g/mol. The number of aryl methyl sites for hydroxylation is 2. The molecule has 0 saturated carbocycles. The molecule has 0 amide bonds. The fourth-order valence-electron chi connectivity index (χ4n) is 1.06. The van der Waals surface area contributed by atoms with Gasteiger partial charge in [0.25, 0.3) is 0 Å². The predicted octanol–water partition coefficient (Wildman–Crippen LogP) is -1.26. The molecule has 0 aliphatic carbocycles. The summed E-state index contributed by atoms with van der Waals surface area (Å²) >= 11 is 0. The van der Waals surface area contributed by atoms with E-state index in [0.29, 0.717) is 0 Å². The van der Waals surface area contributed by atoms with Gasteiger partial charge in [0.1, 0.15) is 0 Å². The number of methoxy groups -OCH3 is 1. The summed E-state index contributed by atoms with van der Waals surface area (Å²) in [6, 6.07) is 6.87. The molecule has 1 nitrogen and oxygen atoms in total. The van der Waals surface area contributed by atoms with Crippen LogP contribution in [0.2, 0.25) is 0 Å². The molecule has 0 fully saturated rings. The Morgan fingerprint density at radius 1 is 1.17 bits per heavy atom. The van der Waals surface area contributed by atoms with E-state index in [9.17, 15) is 0 Å². The minimum atomic E-state index is 0. The summed E-state index contributed by atoms with van der Waals surface area (Å²) in [6.45, 7) is 4.03. The van der Waals surface area contributed by atoms with Gasteiger partial charge in [-0.1, -0.05) is 13.8 Å². The number of ether oxygens (including phenoxy) is 1. The van der Waals surface area contributed by atoms with Crippen LogP contribution in [0.25, 0.3) is 0 Å². The summed E-state index contributed by atoms with van der Waals surface area (Å²) in [6.07, 6.45) is 0. The first kappa shape index (κ1) is 14.6. The number of hydrogen-bond acceptors (Lipinski definition) is 1. The van der Waals surface area contributed by atoms with Gasteiger partial charge in [0.05, 0.1) is 7.11 Å². The van der Waals surface area contributed by atoms with Crippen molar-refractivity contribution in [3.8, 4) is 5.75 Å². The van der Waals surface area contributed by atoms with Gasteiger partial charge in [-0.15, -0.1) is 11.1 Å². The topological polar surface area (TPSA) is 9.23 Å². The molecule has 0 bridgehead atoms. The van der Waals surface area contributed by atoms with Crippen LogP contribution in [0, 0.1) is 19.9 Å². The van der Waals surface area contributed by atoms with E-state index in [0.717, 1.165) is 16.9 Å². The zero-order valence-corrected chi connectivity index (χ0v) is 9.82. The van der Waals surface area contributed by atoms with Crippen LogP contribution < -0.4 is 17.1 Å². The molecule has 0 radical (unpaired) electrons. The summed E-state index contributed by atoms with van der Waals surface area (Å²) in [4.78, 5) is 0. The third-order valence-electron chi connectivity index (χ3n) is 1.52. The third-order valence-corrected chi connectivity index (χ3v) is 1.52. The molecular formula is C9H11ClMgO. The molecule has 0 aliphatic heterocycles. The number of hydrogen-bond donors (Lipinski definition) is 0. The number of halogens is 1. The monoisotopic (exact) mass is 194 g/mol. The van der Waals surface area contributed by atoms with Crippen molar-refractivity contribution in [3.63, 3.8) is 0 Å². The summed E-state index contributed by atoms with van der Waals surface area (Å²) in [7, 11) is 1.69. The summed E-state index contributed by atoms with van der Waals surface area (Å²) in [5, 5.41) is 0. The minimum absolute atomic E-state index is 0. The van der Waals surface area contributed by atoms with Crippen LogP contribution in [0.1, 0.15) is 11.1 Å². The summed E-state index contributed by atoms with van der Waals surface area (Å²) in [5.41, 5.74) is 2.28. The molecule has 0 spiro atoms. The third kappa shape index (κ3) is 3.21. The Morgan fingerprint density at radius 2 is 1.58 bits per heavy atom. The van der Waals surface area contributed by atoms with Crippen molar-refractivity contribution in [1.29, 1.82) is 0 Å². The fraction of sp³-hybridized carbons (Fsp3) is 0.333. The molecule has 0 aliphatic rings. The first-order chi connectivity index (χ1) is 4.75. The van der Waals surface area contributed by atoms with Crippen molar-refractivity contribution in [2.75, 3.05) is 7.11 Å². The second kappa shape index (κ2) is 6.58. The van der Waals surface area contributed by atoms with E-state index in [1.165, 1.54) is 0 Å². The van der Waals surface area contributed by atoms with Crippen LogP contribution in [0.5, 0.6) is 5.75 Å². The van der Waals surface area contributed by atoms with Crippen LogP contribution in [-0.2, 0) is 0 Å². The van der Waals surface area contributed by atoms with E-state index in [4.69, 9.17) is 4.74 Å². The maximum absolute atomic E-state index is 5.16. The molecule has 0 saturated heterocycles. The van der Waals surface area contributed by atoms with Gasteiger partial charge in [-0.05, 0) is 0 Å². The molecule has 1 aromatic rings. The average Bonchev–Trinajstić information content (AvgIpc) is 1.88. The first-order valence-electron chi connectivity index (χ1n) is 3.27. The zero-order chi connectivity index (χ0) is 7.56. The summed E-state index contributed by atoms with van der Waals surface area (Å²) in [5.74, 6) is 0.971. The summed E-state index contributed by atoms with van der Waals surface area (Å²) < 4.78 is 5.16. The molecule has 0 heterocycles. The normalized spacial score (nSPS) is 7.92. The molecule has 0 atom stereocenters. The molecule has 1 rings (SSSR count). The Labute approximate surface area is 96.1 Å². The Kier molecular flexibility index (Phi) is 8.00. The predicted molar refractivity (Wildman–Crippen MR) is 47.1 cm³/mol. The van der Waals surface area contributed by atoms with Gasteiger partial charge in [-0.25, -0.2) is 0 Å². The first-order valence-corrected chi connectivity index (χ1v) is 3.27. The molecule has 1 aromatic carbocycles. The Balaban J connectivity index is 0. The fourth-order valence-corrected chi connectivity index (χ4v) is 1.06. The van der Waals surface area contributed by atoms with E-state index in [-0.39, 0.29) is 35.5 Å². The minimum Gasteiger partial charge on any atom is -1.00 e. The molecular weight excluding hydrogens is 184 g/mol.